The number of hydrogen-bond acceptors (Lipinski definition) is 3. The molecule has 126 valence electrons. The number of benzene rings is 1. The van der Waals surface area contributed by atoms with E-state index in [-0.39, 0.29) is 11.5 Å². The molecule has 1 saturated heterocycles. The van der Waals surface area contributed by atoms with Crippen LogP contribution in [0.5, 0.6) is 5.75 Å². The first-order chi connectivity index (χ1) is 11.7. The molecule has 5 nitrogen and oxygen atoms in total. The second-order valence-corrected chi connectivity index (χ2v) is 6.03. The molecule has 2 heterocycles. The highest BCUT2D eigenvalue weighted by Crippen LogP contribution is 2.16. The van der Waals surface area contributed by atoms with E-state index in [1.165, 1.54) is 23.5 Å². The number of pyridine rings is 1. The van der Waals surface area contributed by atoms with Gasteiger partial charge in [-0.3, -0.25) is 14.2 Å². The normalized spacial score (nSPS) is 15.0. The first-order valence-corrected chi connectivity index (χ1v) is 8.35. The predicted molar refractivity (Wildman–Crippen MR) is 93.0 cm³/mol. The summed E-state index contributed by atoms with van der Waals surface area (Å²) in [5.74, 6) is 0.725. The summed E-state index contributed by atoms with van der Waals surface area (Å²) in [6, 6.07) is 10.3. The van der Waals surface area contributed by atoms with E-state index in [4.69, 9.17) is 4.74 Å². The third kappa shape index (κ3) is 3.50. The maximum atomic E-state index is 12.7. The van der Waals surface area contributed by atoms with Gasteiger partial charge in [-0.05, 0) is 43.2 Å². The van der Waals surface area contributed by atoms with E-state index in [9.17, 15) is 9.59 Å². The SMILES string of the molecule is COc1ccc(-n2cc(C(=O)N3CCCCCC3)ccc2=O)cc1. The number of aromatic nitrogens is 1. The zero-order chi connectivity index (χ0) is 16.9. The van der Waals surface area contributed by atoms with Gasteiger partial charge in [0.2, 0.25) is 0 Å². The Morgan fingerprint density at radius 2 is 1.62 bits per heavy atom. The van der Waals surface area contributed by atoms with Crippen LogP contribution in [-0.4, -0.2) is 35.6 Å². The Hall–Kier alpha value is -2.56. The summed E-state index contributed by atoms with van der Waals surface area (Å²) in [5.41, 5.74) is 1.10. The number of carbonyl (C=O) groups excluding carboxylic acids is 1. The van der Waals surface area contributed by atoms with Crippen molar-refractivity contribution in [1.82, 2.24) is 9.47 Å². The van der Waals surface area contributed by atoms with Crippen molar-refractivity contribution >= 4 is 5.91 Å². The lowest BCUT2D eigenvalue weighted by Crippen LogP contribution is -2.32. The minimum Gasteiger partial charge on any atom is -0.497 e. The van der Waals surface area contributed by atoms with Crippen molar-refractivity contribution < 1.29 is 9.53 Å². The van der Waals surface area contributed by atoms with Crippen LogP contribution in [0.3, 0.4) is 0 Å². The topological polar surface area (TPSA) is 51.5 Å². The molecular weight excluding hydrogens is 304 g/mol. The van der Waals surface area contributed by atoms with Gasteiger partial charge in [0.05, 0.1) is 12.7 Å². The molecule has 0 spiro atoms. The summed E-state index contributed by atoms with van der Waals surface area (Å²) in [7, 11) is 1.60. The number of hydrogen-bond donors (Lipinski definition) is 0. The van der Waals surface area contributed by atoms with E-state index in [0.29, 0.717) is 11.3 Å². The van der Waals surface area contributed by atoms with E-state index < -0.39 is 0 Å². The number of amides is 1. The van der Waals surface area contributed by atoms with E-state index in [0.717, 1.165) is 31.7 Å². The lowest BCUT2D eigenvalue weighted by Gasteiger charge is -2.20. The van der Waals surface area contributed by atoms with Crippen LogP contribution in [0.2, 0.25) is 0 Å². The molecule has 24 heavy (non-hydrogen) atoms. The summed E-state index contributed by atoms with van der Waals surface area (Å²) in [6.07, 6.45) is 6.08. The summed E-state index contributed by atoms with van der Waals surface area (Å²) < 4.78 is 6.64. The summed E-state index contributed by atoms with van der Waals surface area (Å²) in [4.78, 5) is 26.8. The lowest BCUT2D eigenvalue weighted by molar-refractivity contribution is 0.0761. The van der Waals surface area contributed by atoms with Gasteiger partial charge in [-0.25, -0.2) is 0 Å². The Bertz CT molecular complexity index is 757. The first-order valence-electron chi connectivity index (χ1n) is 8.35. The Morgan fingerprint density at radius 3 is 2.25 bits per heavy atom. The van der Waals surface area contributed by atoms with Gasteiger partial charge in [0.25, 0.3) is 11.5 Å². The van der Waals surface area contributed by atoms with E-state index in [2.05, 4.69) is 0 Å². The van der Waals surface area contributed by atoms with E-state index in [1.54, 1.807) is 43.6 Å². The van der Waals surface area contributed by atoms with Crippen LogP contribution < -0.4 is 10.3 Å². The number of rotatable bonds is 3. The zero-order valence-electron chi connectivity index (χ0n) is 13.9. The van der Waals surface area contributed by atoms with E-state index in [1.807, 2.05) is 4.90 Å². The number of methoxy groups -OCH3 is 1. The van der Waals surface area contributed by atoms with Crippen molar-refractivity contribution in [3.63, 3.8) is 0 Å². The van der Waals surface area contributed by atoms with Crippen LogP contribution in [0.25, 0.3) is 5.69 Å². The predicted octanol–water partition coefficient (Wildman–Crippen LogP) is 2.86. The number of ether oxygens (including phenoxy) is 1. The molecule has 0 bridgehead atoms. The van der Waals surface area contributed by atoms with Crippen molar-refractivity contribution in [2.24, 2.45) is 0 Å². The van der Waals surface area contributed by atoms with E-state index >= 15 is 0 Å². The maximum Gasteiger partial charge on any atom is 0.255 e. The molecule has 1 aliphatic rings. The van der Waals surface area contributed by atoms with Gasteiger partial charge in [0.1, 0.15) is 5.75 Å². The molecular formula is C19H22N2O3. The fourth-order valence-corrected chi connectivity index (χ4v) is 3.01. The van der Waals surface area contributed by atoms with Gasteiger partial charge in [-0.1, -0.05) is 12.8 Å². The molecule has 1 aromatic carbocycles. The van der Waals surface area contributed by atoms with Gasteiger partial charge in [-0.2, -0.15) is 0 Å². The first kappa shape index (κ1) is 16.3. The molecule has 0 saturated carbocycles. The van der Waals surface area contributed by atoms with Crippen LogP contribution >= 0.6 is 0 Å². The van der Waals surface area contributed by atoms with Crippen molar-refractivity contribution in [1.29, 1.82) is 0 Å². The molecule has 5 heteroatoms. The van der Waals surface area contributed by atoms with Gasteiger partial charge in [-0.15, -0.1) is 0 Å². The highest BCUT2D eigenvalue weighted by molar-refractivity contribution is 5.94. The minimum atomic E-state index is -0.160. The maximum absolute atomic E-state index is 12.7. The molecule has 0 N–H and O–H groups in total. The average molecular weight is 326 g/mol. The molecule has 0 atom stereocenters. The smallest absolute Gasteiger partial charge is 0.255 e. The van der Waals surface area contributed by atoms with Crippen LogP contribution in [0.15, 0.2) is 47.4 Å². The Labute approximate surface area is 141 Å². The summed E-state index contributed by atoms with van der Waals surface area (Å²) >= 11 is 0. The van der Waals surface area contributed by atoms with Crippen LogP contribution in [-0.2, 0) is 0 Å². The average Bonchev–Trinajstić information content (AvgIpc) is 2.91. The molecule has 3 rings (SSSR count). The van der Waals surface area contributed by atoms with Gasteiger partial charge in [0.15, 0.2) is 0 Å². The molecule has 0 aliphatic carbocycles. The Kier molecular flexibility index (Phi) is 4.99. The largest absolute Gasteiger partial charge is 0.497 e. The molecule has 0 unspecified atom stereocenters. The van der Waals surface area contributed by atoms with Gasteiger partial charge >= 0.3 is 0 Å². The minimum absolute atomic E-state index is 0.000776. The number of carbonyl (C=O) groups is 1. The van der Waals surface area contributed by atoms with Crippen molar-refractivity contribution in [2.45, 2.75) is 25.7 Å². The standard InChI is InChI=1S/C19H22N2O3/c1-24-17-9-7-16(8-10-17)21-14-15(6-11-18(21)22)19(23)20-12-4-2-3-5-13-20/h6-11,14H,2-5,12-13H2,1H3. The van der Waals surface area contributed by atoms with Crippen LogP contribution in [0, 0.1) is 0 Å². The molecule has 1 fully saturated rings. The van der Waals surface area contributed by atoms with Crippen molar-refractivity contribution in [3.05, 3.63) is 58.5 Å². The van der Waals surface area contributed by atoms with Gasteiger partial charge < -0.3 is 9.64 Å². The summed E-state index contributed by atoms with van der Waals surface area (Å²) in [5, 5.41) is 0. The second kappa shape index (κ2) is 7.34. The van der Waals surface area contributed by atoms with Crippen molar-refractivity contribution in [3.8, 4) is 11.4 Å². The monoisotopic (exact) mass is 326 g/mol. The second-order valence-electron chi connectivity index (χ2n) is 6.03. The molecule has 1 aromatic heterocycles. The fourth-order valence-electron chi connectivity index (χ4n) is 3.01. The van der Waals surface area contributed by atoms with Gasteiger partial charge in [0, 0.05) is 31.0 Å². The molecule has 2 aromatic rings. The Balaban J connectivity index is 1.90. The number of likely N-dealkylation sites (tertiary alicyclic amines) is 1. The zero-order valence-corrected chi connectivity index (χ0v) is 13.9. The van der Waals surface area contributed by atoms with Crippen molar-refractivity contribution in [2.75, 3.05) is 20.2 Å². The van der Waals surface area contributed by atoms with Crippen LogP contribution in [0.4, 0.5) is 0 Å². The highest BCUT2D eigenvalue weighted by Gasteiger charge is 2.18. The lowest BCUT2D eigenvalue weighted by atomic mass is 10.2. The third-order valence-electron chi connectivity index (χ3n) is 4.40. The summed E-state index contributed by atoms with van der Waals surface area (Å²) in [6.45, 7) is 1.58. The number of nitrogens with zero attached hydrogens (tertiary/aromatic N) is 2. The molecule has 1 aliphatic heterocycles. The molecule has 0 radical (unpaired) electrons. The fraction of sp³-hybridized carbons (Fsp3) is 0.368. The third-order valence-corrected chi connectivity index (χ3v) is 4.40. The quantitative estimate of drug-likeness (QED) is 0.871. The molecule has 1 amide bonds. The van der Waals surface area contributed by atoms with Crippen LogP contribution in [0.1, 0.15) is 36.0 Å². The Morgan fingerprint density at radius 1 is 0.958 bits per heavy atom. The highest BCUT2D eigenvalue weighted by atomic mass is 16.5.